The van der Waals surface area contributed by atoms with E-state index in [9.17, 15) is 0 Å². The SMILES string of the molecule is c1ccc(-c2ccccc2-c2ccccc2-c2cccc(N(c3cccc(C4CCCCC4)c3)c3ccc4ccc5c(N(c6cccc(C7CCCCC7)c6)c6cccc(C7(c8ccccc8)c8ccccc8-c8ccccc87)c6)ccc6ccc3c4c65)c2)cc1. The van der Waals surface area contributed by atoms with Crippen LogP contribution in [-0.2, 0) is 5.41 Å². The zero-order chi connectivity index (χ0) is 60.2. The number of benzene rings is 14. The van der Waals surface area contributed by atoms with E-state index in [1.807, 2.05) is 0 Å². The molecule has 0 atom stereocenters. The minimum Gasteiger partial charge on any atom is -0.310 e. The van der Waals surface area contributed by atoms with Crippen LogP contribution < -0.4 is 9.80 Å². The zero-order valence-corrected chi connectivity index (χ0v) is 51.5. The van der Waals surface area contributed by atoms with E-state index in [0.29, 0.717) is 11.8 Å². The van der Waals surface area contributed by atoms with E-state index in [2.05, 4.69) is 313 Å². The predicted octanol–water partition coefficient (Wildman–Crippen LogP) is 25.0. The molecular formula is C89H72N2. The second kappa shape index (κ2) is 23.3. The summed E-state index contributed by atoms with van der Waals surface area (Å²) in [5, 5.41) is 7.51. The maximum Gasteiger partial charge on any atom is 0.0714 e. The summed E-state index contributed by atoms with van der Waals surface area (Å²) in [5.41, 5.74) is 24.3. The van der Waals surface area contributed by atoms with Gasteiger partial charge in [-0.05, 0) is 198 Å². The van der Waals surface area contributed by atoms with E-state index < -0.39 is 5.41 Å². The van der Waals surface area contributed by atoms with Crippen molar-refractivity contribution in [3.63, 3.8) is 0 Å². The van der Waals surface area contributed by atoms with Crippen LogP contribution >= 0.6 is 0 Å². The smallest absolute Gasteiger partial charge is 0.0714 e. The second-order valence-corrected chi connectivity index (χ2v) is 25.9. The number of hydrogen-bond acceptors (Lipinski definition) is 2. The summed E-state index contributed by atoms with van der Waals surface area (Å²) in [5.74, 6) is 1.10. The first kappa shape index (κ1) is 54.8. The Balaban J connectivity index is 0.863. The van der Waals surface area contributed by atoms with Crippen LogP contribution in [0.25, 0.3) is 76.8 Å². The highest BCUT2D eigenvalue weighted by atomic mass is 15.2. The molecule has 91 heavy (non-hydrogen) atoms. The molecule has 0 amide bonds. The maximum absolute atomic E-state index is 2.60. The molecule has 2 fully saturated rings. The van der Waals surface area contributed by atoms with Crippen molar-refractivity contribution in [2.75, 3.05) is 9.80 Å². The van der Waals surface area contributed by atoms with Gasteiger partial charge in [-0.15, -0.1) is 0 Å². The molecule has 14 aromatic carbocycles. The number of fused-ring (bicyclic) bond motifs is 3. The van der Waals surface area contributed by atoms with Gasteiger partial charge < -0.3 is 9.80 Å². The van der Waals surface area contributed by atoms with Crippen molar-refractivity contribution in [1.82, 2.24) is 0 Å². The van der Waals surface area contributed by atoms with Crippen molar-refractivity contribution in [3.05, 3.63) is 337 Å². The van der Waals surface area contributed by atoms with Gasteiger partial charge in [-0.2, -0.15) is 0 Å². The van der Waals surface area contributed by atoms with Crippen molar-refractivity contribution < 1.29 is 0 Å². The first-order valence-corrected chi connectivity index (χ1v) is 33.4. The average molecular weight is 1170 g/mol. The molecule has 0 bridgehead atoms. The third-order valence-electron chi connectivity index (χ3n) is 20.9. The van der Waals surface area contributed by atoms with Gasteiger partial charge in [0.15, 0.2) is 0 Å². The lowest BCUT2D eigenvalue weighted by Gasteiger charge is -2.35. The lowest BCUT2D eigenvalue weighted by atomic mass is 9.67. The van der Waals surface area contributed by atoms with Gasteiger partial charge in [-0.1, -0.05) is 281 Å². The normalized spacial score (nSPS) is 14.8. The molecule has 0 N–H and O–H groups in total. The van der Waals surface area contributed by atoms with Crippen LogP contribution in [0.15, 0.2) is 303 Å². The van der Waals surface area contributed by atoms with Crippen LogP contribution in [0.2, 0.25) is 0 Å². The molecule has 0 saturated heterocycles. The van der Waals surface area contributed by atoms with Gasteiger partial charge in [0.05, 0.1) is 16.8 Å². The van der Waals surface area contributed by atoms with Crippen molar-refractivity contribution in [2.24, 2.45) is 0 Å². The van der Waals surface area contributed by atoms with Crippen molar-refractivity contribution in [2.45, 2.75) is 81.5 Å². The Morgan fingerprint density at radius 2 is 0.648 bits per heavy atom. The Morgan fingerprint density at radius 3 is 1.18 bits per heavy atom. The molecule has 0 unspecified atom stereocenters. The molecule has 0 heterocycles. The lowest BCUT2D eigenvalue weighted by molar-refractivity contribution is 0.443. The van der Waals surface area contributed by atoms with E-state index >= 15 is 0 Å². The summed E-state index contributed by atoms with van der Waals surface area (Å²) in [6, 6.07) is 115. The van der Waals surface area contributed by atoms with Gasteiger partial charge in [-0.3, -0.25) is 0 Å². The molecular weight excluding hydrogens is 1100 g/mol. The predicted molar refractivity (Wildman–Crippen MR) is 385 cm³/mol. The lowest BCUT2D eigenvalue weighted by Crippen LogP contribution is -2.28. The highest BCUT2D eigenvalue weighted by Gasteiger charge is 2.46. The van der Waals surface area contributed by atoms with E-state index in [-0.39, 0.29) is 0 Å². The van der Waals surface area contributed by atoms with Crippen molar-refractivity contribution >= 4 is 66.4 Å². The fraction of sp³-hybridized carbons (Fsp3) is 0.146. The third-order valence-corrected chi connectivity index (χ3v) is 20.9. The van der Waals surface area contributed by atoms with Crippen LogP contribution in [0.5, 0.6) is 0 Å². The minimum absolute atomic E-state index is 0.544. The van der Waals surface area contributed by atoms with E-state index in [1.165, 1.54) is 197 Å². The maximum atomic E-state index is 2.60. The summed E-state index contributed by atoms with van der Waals surface area (Å²) in [4.78, 5) is 5.17. The average Bonchev–Trinajstić information content (AvgIpc) is 1.65. The summed E-state index contributed by atoms with van der Waals surface area (Å²) >= 11 is 0. The highest BCUT2D eigenvalue weighted by Crippen LogP contribution is 2.57. The molecule has 3 aliphatic rings. The second-order valence-electron chi connectivity index (χ2n) is 25.9. The van der Waals surface area contributed by atoms with Crippen LogP contribution in [0.4, 0.5) is 34.1 Å². The quantitative estimate of drug-likeness (QED) is 0.106. The highest BCUT2D eigenvalue weighted by molar-refractivity contribution is 6.28. The van der Waals surface area contributed by atoms with Gasteiger partial charge in [0.2, 0.25) is 0 Å². The topological polar surface area (TPSA) is 6.48 Å². The minimum atomic E-state index is -0.544. The van der Waals surface area contributed by atoms with Crippen LogP contribution in [0.3, 0.4) is 0 Å². The van der Waals surface area contributed by atoms with Crippen LogP contribution in [0.1, 0.15) is 109 Å². The van der Waals surface area contributed by atoms with Crippen molar-refractivity contribution in [3.8, 4) is 44.5 Å². The molecule has 2 heteroatoms. The Bertz CT molecular complexity index is 4940. The summed E-state index contributed by atoms with van der Waals surface area (Å²) in [6.07, 6.45) is 12.8. The largest absolute Gasteiger partial charge is 0.310 e. The van der Waals surface area contributed by atoms with Crippen LogP contribution in [-0.4, -0.2) is 0 Å². The Hall–Kier alpha value is -10.3. The molecule has 0 aromatic heterocycles. The third kappa shape index (κ3) is 9.45. The number of nitrogens with zero attached hydrogens (tertiary/aromatic N) is 2. The first-order chi connectivity index (χ1) is 45.2. The summed E-state index contributed by atoms with van der Waals surface area (Å²) in [7, 11) is 0. The number of anilines is 6. The van der Waals surface area contributed by atoms with Gasteiger partial charge >= 0.3 is 0 Å². The molecule has 3 aliphatic carbocycles. The monoisotopic (exact) mass is 1170 g/mol. The molecule has 14 aromatic rings. The molecule has 2 nitrogen and oxygen atoms in total. The Morgan fingerprint density at radius 1 is 0.264 bits per heavy atom. The van der Waals surface area contributed by atoms with Gasteiger partial charge in [-0.25, -0.2) is 0 Å². The van der Waals surface area contributed by atoms with Gasteiger partial charge in [0, 0.05) is 33.5 Å². The molecule has 0 spiro atoms. The first-order valence-electron chi connectivity index (χ1n) is 33.4. The molecule has 438 valence electrons. The summed E-state index contributed by atoms with van der Waals surface area (Å²) < 4.78 is 0. The molecule has 17 rings (SSSR count). The van der Waals surface area contributed by atoms with Crippen molar-refractivity contribution in [1.29, 1.82) is 0 Å². The van der Waals surface area contributed by atoms with Gasteiger partial charge in [0.1, 0.15) is 0 Å². The van der Waals surface area contributed by atoms with E-state index in [1.54, 1.807) is 0 Å². The summed E-state index contributed by atoms with van der Waals surface area (Å²) in [6.45, 7) is 0. The zero-order valence-electron chi connectivity index (χ0n) is 51.5. The van der Waals surface area contributed by atoms with E-state index in [4.69, 9.17) is 0 Å². The Kier molecular flexibility index (Phi) is 14.0. The molecule has 0 radical (unpaired) electrons. The van der Waals surface area contributed by atoms with E-state index in [0.717, 1.165) is 11.4 Å². The van der Waals surface area contributed by atoms with Gasteiger partial charge in [0.25, 0.3) is 0 Å². The number of hydrogen-bond donors (Lipinski definition) is 0. The number of rotatable bonds is 13. The molecule has 2 saturated carbocycles. The Labute approximate surface area is 535 Å². The standard InChI is InChI=1S/C89H72N2/c1-5-25-61(26-6-1)66-31-21-37-71(57-66)90(73-39-23-33-68(59-73)76-42-14-16-44-78(76)77-43-15-13-41-75(77)63-29-9-3-10-30-63)85-55-51-64-50-54-82-86(56-52-65-49-53-81(85)87(64)88(65)82)91(72-38-22-32-67(58-72)62-27-7-2-8-28-62)74-40-24-36-70(60-74)89(69-34-11-4-12-35-69)83-47-19-17-45-79(83)80-46-18-20-48-84(80)89/h3-4,9-24,29-62H,1-2,5-8,25-28H2. The fourth-order valence-corrected chi connectivity index (χ4v) is 16.7. The fourth-order valence-electron chi connectivity index (χ4n) is 16.7. The van der Waals surface area contributed by atoms with Crippen LogP contribution in [0, 0.1) is 0 Å². The molecule has 0 aliphatic heterocycles.